The monoisotopic (exact) mass is 345 g/mol. The molecule has 2 aromatic heterocycles. The second-order valence-electron chi connectivity index (χ2n) is 4.73. The molecular weight excluding hydrogens is 330 g/mol. The fourth-order valence-corrected chi connectivity index (χ4v) is 4.25. The first-order valence-corrected chi connectivity index (χ1v) is 9.35. The van der Waals surface area contributed by atoms with Crippen LogP contribution in [0.5, 0.6) is 0 Å². The van der Waals surface area contributed by atoms with Gasteiger partial charge < -0.3 is 19.6 Å². The van der Waals surface area contributed by atoms with Gasteiger partial charge in [-0.05, 0) is 18.2 Å². The van der Waals surface area contributed by atoms with Gasteiger partial charge in [0.15, 0.2) is 6.20 Å². The van der Waals surface area contributed by atoms with Crippen LogP contribution in [0.3, 0.4) is 0 Å². The van der Waals surface area contributed by atoms with Crippen molar-refractivity contribution < 1.29 is 33.3 Å². The molecule has 0 radical (unpaired) electrons. The highest BCUT2D eigenvalue weighted by Crippen LogP contribution is 2.69. The van der Waals surface area contributed by atoms with Crippen molar-refractivity contribution in [3.63, 3.8) is 0 Å². The summed E-state index contributed by atoms with van der Waals surface area (Å²) in [6, 6.07) is 9.38. The maximum Gasteiger partial charge on any atom is 0.409 e. The van der Waals surface area contributed by atoms with E-state index in [4.69, 9.17) is 0 Å². The van der Waals surface area contributed by atoms with E-state index in [-0.39, 0.29) is 5.69 Å². The molecular formula is C12H15N2O6P2+. The Bertz CT molecular complexity index is 748. The van der Waals surface area contributed by atoms with Crippen LogP contribution in [0.15, 0.2) is 48.8 Å². The topological polar surface area (TPSA) is 132 Å². The van der Waals surface area contributed by atoms with Gasteiger partial charge in [-0.2, -0.15) is 4.57 Å². The summed E-state index contributed by atoms with van der Waals surface area (Å²) in [7, 11) is -10.4. The maximum absolute atomic E-state index is 11.8. The third-order valence-corrected chi connectivity index (χ3v) is 7.55. The summed E-state index contributed by atoms with van der Waals surface area (Å²) < 4.78 is 24.6. The normalized spacial score (nSPS) is 13.1. The Morgan fingerprint density at radius 3 is 2.09 bits per heavy atom. The summed E-state index contributed by atoms with van der Waals surface area (Å²) in [4.78, 5) is 42.4. The average molecular weight is 345 g/mol. The Hall–Kier alpha value is -1.40. The van der Waals surface area contributed by atoms with Gasteiger partial charge in [0.1, 0.15) is 5.69 Å². The van der Waals surface area contributed by atoms with Gasteiger partial charge in [0.2, 0.25) is 5.69 Å². The van der Waals surface area contributed by atoms with Crippen LogP contribution >= 0.6 is 15.2 Å². The predicted octanol–water partition coefficient (Wildman–Crippen LogP) is 1.02. The number of hydrogen-bond acceptors (Lipinski definition) is 3. The van der Waals surface area contributed by atoms with Gasteiger partial charge in [0.25, 0.3) is 0 Å². The van der Waals surface area contributed by atoms with Crippen LogP contribution < -0.4 is 4.57 Å². The lowest BCUT2D eigenvalue weighted by molar-refractivity contribution is -0.709. The van der Waals surface area contributed by atoms with E-state index in [9.17, 15) is 28.7 Å². The Balaban J connectivity index is 2.82. The lowest BCUT2D eigenvalue weighted by Gasteiger charge is -2.26. The fourth-order valence-electron chi connectivity index (χ4n) is 1.99. The lowest BCUT2D eigenvalue weighted by atomic mass is 10.2. The molecule has 0 aliphatic rings. The Kier molecular flexibility index (Phi) is 4.37. The van der Waals surface area contributed by atoms with Crippen LogP contribution in [0.25, 0.3) is 11.4 Å². The number of nitrogens with zero attached hydrogens (tertiary/aromatic N) is 2. The molecule has 0 unspecified atom stereocenters. The third-order valence-electron chi connectivity index (χ3n) is 3.35. The van der Waals surface area contributed by atoms with Crippen molar-refractivity contribution in [1.29, 1.82) is 0 Å². The first-order chi connectivity index (χ1) is 10.1. The molecule has 8 nitrogen and oxygen atoms in total. The molecule has 0 fully saturated rings. The van der Waals surface area contributed by atoms with E-state index in [2.05, 4.69) is 4.98 Å². The molecule has 22 heavy (non-hydrogen) atoms. The Labute approximate surface area is 126 Å². The molecule has 2 heterocycles. The summed E-state index contributed by atoms with van der Waals surface area (Å²) in [5, 5.41) is -2.73. The first-order valence-electron chi connectivity index (χ1n) is 6.13. The number of hydrogen-bond donors (Lipinski definition) is 4. The van der Waals surface area contributed by atoms with Gasteiger partial charge in [-0.3, -0.25) is 9.13 Å². The Morgan fingerprint density at radius 1 is 1.00 bits per heavy atom. The minimum absolute atomic E-state index is 0.178. The smallest absolute Gasteiger partial charge is 0.319 e. The fraction of sp³-hybridized carbons (Fsp3) is 0.167. The second-order valence-corrected chi connectivity index (χ2v) is 9.00. The van der Waals surface area contributed by atoms with Crippen molar-refractivity contribution in [2.24, 2.45) is 0 Å². The van der Waals surface area contributed by atoms with Gasteiger partial charge in [0.05, 0.1) is 0 Å². The summed E-state index contributed by atoms with van der Waals surface area (Å²) in [6.45, 7) is 0.834. The number of rotatable bonds is 4. The average Bonchev–Trinajstić information content (AvgIpc) is 2.45. The van der Waals surface area contributed by atoms with Crippen LogP contribution in [0.4, 0.5) is 0 Å². The molecule has 0 aliphatic heterocycles. The zero-order valence-corrected chi connectivity index (χ0v) is 13.3. The molecule has 4 N–H and O–H groups in total. The van der Waals surface area contributed by atoms with E-state index in [0.717, 1.165) is 11.5 Å². The number of aromatic nitrogens is 2. The van der Waals surface area contributed by atoms with Crippen LogP contribution in [-0.4, -0.2) is 24.6 Å². The van der Waals surface area contributed by atoms with Crippen molar-refractivity contribution in [1.82, 2.24) is 4.98 Å². The van der Waals surface area contributed by atoms with Crippen molar-refractivity contribution in [2.75, 3.05) is 0 Å². The zero-order valence-electron chi connectivity index (χ0n) is 11.5. The molecule has 0 saturated heterocycles. The molecule has 0 saturated carbocycles. The van der Waals surface area contributed by atoms with Crippen molar-refractivity contribution >= 4 is 15.2 Å². The van der Waals surface area contributed by atoms with Gasteiger partial charge in [-0.25, -0.2) is 4.98 Å². The highest BCUT2D eigenvalue weighted by molar-refractivity contribution is 7.70. The van der Waals surface area contributed by atoms with E-state index in [1.165, 1.54) is 24.5 Å². The lowest BCUT2D eigenvalue weighted by Crippen LogP contribution is -2.54. The highest BCUT2D eigenvalue weighted by Gasteiger charge is 2.66. The van der Waals surface area contributed by atoms with Crippen LogP contribution in [0.1, 0.15) is 6.92 Å². The van der Waals surface area contributed by atoms with Crippen LogP contribution in [0, 0.1) is 0 Å². The minimum atomic E-state index is -5.21. The Morgan fingerprint density at radius 2 is 1.59 bits per heavy atom. The molecule has 2 rings (SSSR count). The summed E-state index contributed by atoms with van der Waals surface area (Å²) in [6.07, 6.45) is 2.68. The summed E-state index contributed by atoms with van der Waals surface area (Å²) in [5.74, 6) is 0. The SMILES string of the molecule is CC([n+]1ccccc1-c1ccccn1)(P(=O)(O)O)P(=O)(O)O. The molecule has 0 aromatic carbocycles. The molecule has 0 atom stereocenters. The molecule has 0 bridgehead atoms. The van der Waals surface area contributed by atoms with Crippen LogP contribution in [0.2, 0.25) is 0 Å². The van der Waals surface area contributed by atoms with E-state index in [1.54, 1.807) is 24.3 Å². The minimum Gasteiger partial charge on any atom is -0.319 e. The third kappa shape index (κ3) is 2.77. The first kappa shape index (κ1) is 17.0. The standard InChI is InChI=1S/C12H14N2O6P2/c1-12(21(15,16)17,22(18,19)20)14-9-5-3-7-11(14)10-6-2-4-8-13-10/h2-9H,1H3,(H3-,15,16,17,18,19,20)/p+1. The number of pyridine rings is 2. The van der Waals surface area contributed by atoms with E-state index in [1.807, 2.05) is 0 Å². The second kappa shape index (κ2) is 5.66. The summed E-state index contributed by atoms with van der Waals surface area (Å²) >= 11 is 0. The van der Waals surface area contributed by atoms with E-state index >= 15 is 0 Å². The maximum atomic E-state index is 11.8. The van der Waals surface area contributed by atoms with E-state index < -0.39 is 20.2 Å². The molecule has 0 spiro atoms. The molecule has 118 valence electrons. The van der Waals surface area contributed by atoms with Crippen LogP contribution in [-0.2, 0) is 14.2 Å². The molecule has 10 heteroatoms. The summed E-state index contributed by atoms with van der Waals surface area (Å²) in [5.41, 5.74) is 0.508. The molecule has 2 aromatic rings. The molecule has 0 amide bonds. The quantitative estimate of drug-likeness (QED) is 0.480. The van der Waals surface area contributed by atoms with Gasteiger partial charge in [-0.1, -0.05) is 6.07 Å². The van der Waals surface area contributed by atoms with Gasteiger partial charge in [0, 0.05) is 25.3 Å². The van der Waals surface area contributed by atoms with Gasteiger partial charge >= 0.3 is 20.2 Å². The van der Waals surface area contributed by atoms with Gasteiger partial charge in [-0.15, -0.1) is 0 Å². The van der Waals surface area contributed by atoms with Crippen molar-refractivity contribution in [3.8, 4) is 11.4 Å². The largest absolute Gasteiger partial charge is 0.409 e. The highest BCUT2D eigenvalue weighted by atomic mass is 31.2. The van der Waals surface area contributed by atoms with Crippen molar-refractivity contribution in [3.05, 3.63) is 48.8 Å². The zero-order chi connectivity index (χ0) is 16.6. The molecule has 0 aliphatic carbocycles. The van der Waals surface area contributed by atoms with Crippen molar-refractivity contribution in [2.45, 2.75) is 11.9 Å². The predicted molar refractivity (Wildman–Crippen MR) is 77.6 cm³/mol. The van der Waals surface area contributed by atoms with E-state index in [0.29, 0.717) is 5.69 Å².